The number of hydrogen-bond acceptors (Lipinski definition) is 6. The Labute approximate surface area is 96.0 Å². The lowest BCUT2D eigenvalue weighted by Gasteiger charge is -2.20. The van der Waals surface area contributed by atoms with Crippen LogP contribution in [0.1, 0.15) is 10.5 Å². The summed E-state index contributed by atoms with van der Waals surface area (Å²) in [6.07, 6.45) is -1.83. The molecule has 1 aromatic rings. The molecule has 3 rings (SSSR count). The van der Waals surface area contributed by atoms with Crippen LogP contribution in [0.15, 0.2) is 6.33 Å². The van der Waals surface area contributed by atoms with Gasteiger partial charge in [0.05, 0.1) is 12.9 Å². The highest BCUT2D eigenvalue weighted by Gasteiger charge is 2.45. The maximum Gasteiger partial charge on any atom is 0.271 e. The minimum atomic E-state index is -1.04. The number of nitrogens with zero attached hydrogens (tertiary/aromatic N) is 2. The Kier molecular flexibility index (Phi) is 2.12. The van der Waals surface area contributed by atoms with E-state index in [-0.39, 0.29) is 5.69 Å². The Morgan fingerprint density at radius 1 is 1.59 bits per heavy atom. The number of rotatable bonds is 1. The van der Waals surface area contributed by atoms with E-state index in [1.165, 1.54) is 6.33 Å². The summed E-state index contributed by atoms with van der Waals surface area (Å²) < 4.78 is 7.05. The van der Waals surface area contributed by atoms with Crippen molar-refractivity contribution < 1.29 is 19.7 Å². The molecule has 0 aliphatic carbocycles. The molecule has 0 radical (unpaired) electrons. The lowest BCUT2D eigenvalue weighted by Crippen LogP contribution is -2.39. The molecule has 5 N–H and O–H groups in total. The second-order valence-electron chi connectivity index (χ2n) is 4.18. The van der Waals surface area contributed by atoms with E-state index in [9.17, 15) is 15.0 Å². The minimum Gasteiger partial charge on any atom is -0.387 e. The predicted octanol–water partition coefficient (Wildman–Crippen LogP) is -2.15. The third kappa shape index (κ3) is 1.42. The number of aliphatic hydroxyl groups excluding tert-OH is 2. The number of ether oxygens (including phenoxy) is 1. The van der Waals surface area contributed by atoms with Gasteiger partial charge in [-0.2, -0.15) is 0 Å². The average Bonchev–Trinajstić information content (AvgIpc) is 2.70. The maximum atomic E-state index is 11.2. The maximum absolute atomic E-state index is 11.2. The highest BCUT2D eigenvalue weighted by atomic mass is 16.6. The van der Waals surface area contributed by atoms with Gasteiger partial charge >= 0.3 is 0 Å². The third-order valence-corrected chi connectivity index (χ3v) is 3.09. The monoisotopic (exact) mass is 240 g/mol. The number of anilines is 1. The first kappa shape index (κ1) is 10.5. The van der Waals surface area contributed by atoms with Crippen molar-refractivity contribution in [2.45, 2.75) is 31.1 Å². The summed E-state index contributed by atoms with van der Waals surface area (Å²) in [4.78, 5) is 15.0. The summed E-state index contributed by atoms with van der Waals surface area (Å²) in [7, 11) is 0. The number of hydrogen-bond donors (Lipinski definition) is 4. The molecule has 92 valence electrons. The first-order valence-corrected chi connectivity index (χ1v) is 5.21. The van der Waals surface area contributed by atoms with Gasteiger partial charge in [-0.1, -0.05) is 0 Å². The number of carbonyl (C=O) groups excluding carboxylic acids is 1. The molecule has 2 aliphatic rings. The molecule has 0 spiro atoms. The minimum absolute atomic E-state index is 0.0999. The number of imidazole rings is 1. The van der Waals surface area contributed by atoms with Gasteiger partial charge in [0.15, 0.2) is 11.9 Å². The Morgan fingerprint density at radius 2 is 2.35 bits per heavy atom. The second kappa shape index (κ2) is 3.42. The molecular formula is C9H12N4O4. The number of fused-ring (bicyclic) bond motifs is 3. The normalized spacial score (nSPS) is 34.9. The quantitative estimate of drug-likeness (QED) is 0.444. The lowest BCUT2D eigenvalue weighted by atomic mass is 10.1. The molecular weight excluding hydrogens is 228 g/mol. The zero-order valence-corrected chi connectivity index (χ0v) is 8.78. The number of primary amides is 1. The van der Waals surface area contributed by atoms with Gasteiger partial charge in [0.25, 0.3) is 5.91 Å². The fourth-order valence-electron chi connectivity index (χ4n) is 2.20. The number of nitrogens with two attached hydrogens (primary N) is 1. The number of aromatic nitrogens is 2. The fourth-order valence-corrected chi connectivity index (χ4v) is 2.20. The molecule has 2 bridgehead atoms. The zero-order valence-electron chi connectivity index (χ0n) is 8.78. The second-order valence-corrected chi connectivity index (χ2v) is 4.18. The predicted molar refractivity (Wildman–Crippen MR) is 55.0 cm³/mol. The molecule has 4 atom stereocenters. The average molecular weight is 240 g/mol. The number of aliphatic hydroxyl groups is 2. The van der Waals surface area contributed by atoms with E-state index in [0.717, 1.165) is 0 Å². The summed E-state index contributed by atoms with van der Waals surface area (Å²) in [5.41, 5.74) is 5.29. The number of amides is 1. The van der Waals surface area contributed by atoms with Crippen molar-refractivity contribution in [1.82, 2.24) is 9.55 Å². The van der Waals surface area contributed by atoms with Crippen LogP contribution < -0.4 is 11.1 Å². The van der Waals surface area contributed by atoms with Crippen LogP contribution in [-0.4, -0.2) is 50.2 Å². The standard InChI is InChI=1S/C9H12N4O4/c10-7(16)4-8-12-9-6(15)5(14)3(17-9)1-13(8)2-11-4/h2-3,5-6,9,12,14-15H,1H2,(H2,10,16)/t3-,5+,6?,9+/m1/s1. The molecule has 1 fully saturated rings. The van der Waals surface area contributed by atoms with Crippen molar-refractivity contribution in [1.29, 1.82) is 0 Å². The highest BCUT2D eigenvalue weighted by molar-refractivity contribution is 5.95. The Morgan fingerprint density at radius 3 is 3.06 bits per heavy atom. The smallest absolute Gasteiger partial charge is 0.271 e. The van der Waals surface area contributed by atoms with Crippen molar-refractivity contribution in [3.63, 3.8) is 0 Å². The Balaban J connectivity index is 2.01. The van der Waals surface area contributed by atoms with Crippen LogP contribution >= 0.6 is 0 Å². The van der Waals surface area contributed by atoms with Crippen molar-refractivity contribution in [2.75, 3.05) is 5.32 Å². The molecule has 0 saturated carbocycles. The Bertz CT molecular complexity index is 474. The lowest BCUT2D eigenvalue weighted by molar-refractivity contribution is 0.0127. The molecule has 0 aromatic carbocycles. The van der Waals surface area contributed by atoms with Gasteiger partial charge in [-0.15, -0.1) is 0 Å². The zero-order chi connectivity index (χ0) is 12.2. The van der Waals surface area contributed by atoms with Crippen LogP contribution in [0.5, 0.6) is 0 Å². The molecule has 17 heavy (non-hydrogen) atoms. The van der Waals surface area contributed by atoms with Crippen LogP contribution in [0, 0.1) is 0 Å². The van der Waals surface area contributed by atoms with E-state index >= 15 is 0 Å². The van der Waals surface area contributed by atoms with Crippen LogP contribution in [0.3, 0.4) is 0 Å². The van der Waals surface area contributed by atoms with Gasteiger partial charge < -0.3 is 30.6 Å². The molecule has 3 heterocycles. The van der Waals surface area contributed by atoms with E-state index in [1.54, 1.807) is 4.57 Å². The van der Waals surface area contributed by atoms with Crippen LogP contribution in [-0.2, 0) is 11.3 Å². The first-order chi connectivity index (χ1) is 8.08. The topological polar surface area (TPSA) is 123 Å². The van der Waals surface area contributed by atoms with Crippen LogP contribution in [0.2, 0.25) is 0 Å². The summed E-state index contributed by atoms with van der Waals surface area (Å²) >= 11 is 0. The summed E-state index contributed by atoms with van der Waals surface area (Å²) in [6, 6.07) is 0. The largest absolute Gasteiger partial charge is 0.387 e. The summed E-state index contributed by atoms with van der Waals surface area (Å²) in [5, 5.41) is 22.2. The van der Waals surface area contributed by atoms with Crippen LogP contribution in [0.25, 0.3) is 0 Å². The van der Waals surface area contributed by atoms with E-state index in [0.29, 0.717) is 12.4 Å². The van der Waals surface area contributed by atoms with E-state index < -0.39 is 30.4 Å². The van der Waals surface area contributed by atoms with Gasteiger partial charge in [0, 0.05) is 0 Å². The van der Waals surface area contributed by atoms with Gasteiger partial charge in [-0.25, -0.2) is 4.98 Å². The fraction of sp³-hybridized carbons (Fsp3) is 0.556. The number of carbonyl (C=O) groups is 1. The molecule has 1 saturated heterocycles. The van der Waals surface area contributed by atoms with E-state index in [2.05, 4.69) is 10.3 Å². The molecule has 2 aliphatic heterocycles. The molecule has 8 heteroatoms. The van der Waals surface area contributed by atoms with E-state index in [4.69, 9.17) is 10.5 Å². The summed E-state index contributed by atoms with van der Waals surface area (Å²) in [5.74, 6) is -0.241. The molecule has 1 unspecified atom stereocenters. The van der Waals surface area contributed by atoms with Gasteiger partial charge in [0.2, 0.25) is 0 Å². The molecule has 8 nitrogen and oxygen atoms in total. The van der Waals surface area contributed by atoms with E-state index in [1.807, 2.05) is 0 Å². The SMILES string of the molecule is NC(=O)c1ncn2c1N[C@H]1O[C@H](C2)[C@H](O)C1O. The third-order valence-electron chi connectivity index (χ3n) is 3.09. The van der Waals surface area contributed by atoms with Crippen LogP contribution in [0.4, 0.5) is 5.82 Å². The van der Waals surface area contributed by atoms with Crippen molar-refractivity contribution >= 4 is 11.7 Å². The highest BCUT2D eigenvalue weighted by Crippen LogP contribution is 2.30. The molecule has 1 amide bonds. The van der Waals surface area contributed by atoms with Crippen molar-refractivity contribution in [3.05, 3.63) is 12.0 Å². The first-order valence-electron chi connectivity index (χ1n) is 5.21. The Hall–Kier alpha value is -1.64. The van der Waals surface area contributed by atoms with Gasteiger partial charge in [0.1, 0.15) is 24.1 Å². The van der Waals surface area contributed by atoms with Crippen molar-refractivity contribution in [2.24, 2.45) is 5.73 Å². The molecule has 1 aromatic heterocycles. The number of nitrogens with one attached hydrogen (secondary N) is 1. The van der Waals surface area contributed by atoms with Gasteiger partial charge in [-0.05, 0) is 0 Å². The van der Waals surface area contributed by atoms with Gasteiger partial charge in [-0.3, -0.25) is 4.79 Å². The summed E-state index contributed by atoms with van der Waals surface area (Å²) in [6.45, 7) is 0.303. The van der Waals surface area contributed by atoms with Crippen molar-refractivity contribution in [3.8, 4) is 0 Å².